The van der Waals surface area contributed by atoms with E-state index >= 15 is 0 Å². The summed E-state index contributed by atoms with van der Waals surface area (Å²) >= 11 is 0. The first-order valence-corrected chi connectivity index (χ1v) is 6.67. The second-order valence-corrected chi connectivity index (χ2v) is 5.30. The van der Waals surface area contributed by atoms with Crippen LogP contribution in [0.25, 0.3) is 0 Å². The molecule has 1 saturated carbocycles. The molecule has 0 aromatic carbocycles. The molecule has 1 amide bonds. The van der Waals surface area contributed by atoms with E-state index < -0.39 is 0 Å². The fourth-order valence-electron chi connectivity index (χ4n) is 2.35. The summed E-state index contributed by atoms with van der Waals surface area (Å²) in [7, 11) is 0. The lowest BCUT2D eigenvalue weighted by Crippen LogP contribution is -2.48. The van der Waals surface area contributed by atoms with Gasteiger partial charge in [0.2, 0.25) is 5.91 Å². The number of amides is 1. The Labute approximate surface area is 104 Å². The van der Waals surface area contributed by atoms with Crippen LogP contribution in [0, 0.1) is 11.8 Å². The molecule has 4 nitrogen and oxygen atoms in total. The van der Waals surface area contributed by atoms with Gasteiger partial charge in [-0.05, 0) is 32.6 Å². The van der Waals surface area contributed by atoms with Crippen LogP contribution in [0.2, 0.25) is 0 Å². The van der Waals surface area contributed by atoms with Gasteiger partial charge in [-0.25, -0.2) is 0 Å². The maximum Gasteiger partial charge on any atom is 0.224 e. The van der Waals surface area contributed by atoms with Crippen LogP contribution in [-0.2, 0) is 9.53 Å². The van der Waals surface area contributed by atoms with Crippen LogP contribution in [0.15, 0.2) is 0 Å². The molecule has 0 aromatic rings. The zero-order chi connectivity index (χ0) is 12.8. The zero-order valence-corrected chi connectivity index (χ0v) is 11.2. The first-order valence-electron chi connectivity index (χ1n) is 6.67. The van der Waals surface area contributed by atoms with Crippen molar-refractivity contribution in [2.24, 2.45) is 17.6 Å². The smallest absolute Gasteiger partial charge is 0.224 e. The SMILES string of the molecule is CC(C)OCCNC(=O)C1CCCC(C)C1N. The van der Waals surface area contributed by atoms with Crippen LogP contribution in [0.4, 0.5) is 0 Å². The molecule has 0 aromatic heterocycles. The van der Waals surface area contributed by atoms with Gasteiger partial charge in [0.15, 0.2) is 0 Å². The number of carbonyl (C=O) groups is 1. The van der Waals surface area contributed by atoms with E-state index in [0.717, 1.165) is 19.3 Å². The van der Waals surface area contributed by atoms with Gasteiger partial charge in [-0.2, -0.15) is 0 Å². The first kappa shape index (κ1) is 14.5. The van der Waals surface area contributed by atoms with E-state index in [-0.39, 0.29) is 24.0 Å². The third-order valence-corrected chi connectivity index (χ3v) is 3.49. The van der Waals surface area contributed by atoms with Gasteiger partial charge in [0.1, 0.15) is 0 Å². The molecule has 0 spiro atoms. The van der Waals surface area contributed by atoms with Gasteiger partial charge in [0.05, 0.1) is 18.6 Å². The summed E-state index contributed by atoms with van der Waals surface area (Å²) in [4.78, 5) is 12.0. The van der Waals surface area contributed by atoms with E-state index in [9.17, 15) is 4.79 Å². The maximum absolute atomic E-state index is 12.0. The van der Waals surface area contributed by atoms with Gasteiger partial charge < -0.3 is 15.8 Å². The highest BCUT2D eigenvalue weighted by Crippen LogP contribution is 2.27. The average Bonchev–Trinajstić information content (AvgIpc) is 2.27. The molecule has 3 N–H and O–H groups in total. The van der Waals surface area contributed by atoms with Crippen LogP contribution in [0.5, 0.6) is 0 Å². The molecule has 1 aliphatic rings. The molecular formula is C13H26N2O2. The van der Waals surface area contributed by atoms with Crippen molar-refractivity contribution in [1.29, 1.82) is 0 Å². The number of nitrogens with one attached hydrogen (secondary N) is 1. The van der Waals surface area contributed by atoms with Crippen molar-refractivity contribution in [3.8, 4) is 0 Å². The van der Waals surface area contributed by atoms with Crippen molar-refractivity contribution in [2.75, 3.05) is 13.2 Å². The molecule has 1 rings (SSSR count). The van der Waals surface area contributed by atoms with Crippen LogP contribution < -0.4 is 11.1 Å². The summed E-state index contributed by atoms with van der Waals surface area (Å²) in [6.07, 6.45) is 3.38. The molecule has 0 radical (unpaired) electrons. The second kappa shape index (κ2) is 6.97. The second-order valence-electron chi connectivity index (χ2n) is 5.30. The van der Waals surface area contributed by atoms with Crippen molar-refractivity contribution < 1.29 is 9.53 Å². The van der Waals surface area contributed by atoms with Crippen molar-refractivity contribution in [2.45, 2.75) is 52.2 Å². The lowest BCUT2D eigenvalue weighted by molar-refractivity contribution is -0.127. The van der Waals surface area contributed by atoms with E-state index in [1.165, 1.54) is 0 Å². The molecule has 1 aliphatic carbocycles. The molecule has 3 unspecified atom stereocenters. The molecule has 0 bridgehead atoms. The predicted octanol–water partition coefficient (Wildman–Crippen LogP) is 1.29. The molecule has 100 valence electrons. The van der Waals surface area contributed by atoms with Crippen LogP contribution >= 0.6 is 0 Å². The van der Waals surface area contributed by atoms with E-state index in [1.807, 2.05) is 13.8 Å². The highest BCUT2D eigenvalue weighted by atomic mass is 16.5. The molecule has 1 fully saturated rings. The number of ether oxygens (including phenoxy) is 1. The zero-order valence-electron chi connectivity index (χ0n) is 11.2. The minimum atomic E-state index is -0.0159. The van der Waals surface area contributed by atoms with Crippen molar-refractivity contribution in [1.82, 2.24) is 5.32 Å². The molecule has 0 aliphatic heterocycles. The maximum atomic E-state index is 12.0. The van der Waals surface area contributed by atoms with E-state index in [4.69, 9.17) is 10.5 Å². The van der Waals surface area contributed by atoms with Crippen molar-refractivity contribution in [3.05, 3.63) is 0 Å². The number of hydrogen-bond acceptors (Lipinski definition) is 3. The molecule has 0 saturated heterocycles. The van der Waals surface area contributed by atoms with Crippen LogP contribution in [-0.4, -0.2) is 31.2 Å². The van der Waals surface area contributed by atoms with Crippen molar-refractivity contribution >= 4 is 5.91 Å². The largest absolute Gasteiger partial charge is 0.377 e. The highest BCUT2D eigenvalue weighted by molar-refractivity contribution is 5.79. The van der Waals surface area contributed by atoms with Gasteiger partial charge in [-0.1, -0.05) is 13.3 Å². The Morgan fingerprint density at radius 3 is 2.82 bits per heavy atom. The predicted molar refractivity (Wildman–Crippen MR) is 68.6 cm³/mol. The summed E-state index contributed by atoms with van der Waals surface area (Å²) < 4.78 is 5.38. The minimum Gasteiger partial charge on any atom is -0.377 e. The Morgan fingerprint density at radius 1 is 1.47 bits per heavy atom. The van der Waals surface area contributed by atoms with E-state index in [0.29, 0.717) is 19.1 Å². The van der Waals surface area contributed by atoms with E-state index in [1.54, 1.807) is 0 Å². The normalized spacial score (nSPS) is 29.4. The monoisotopic (exact) mass is 242 g/mol. The summed E-state index contributed by atoms with van der Waals surface area (Å²) in [6.45, 7) is 7.25. The molecular weight excluding hydrogens is 216 g/mol. The Hall–Kier alpha value is -0.610. The van der Waals surface area contributed by atoms with Gasteiger partial charge >= 0.3 is 0 Å². The Balaban J connectivity index is 2.27. The Kier molecular flexibility index (Phi) is 5.92. The number of carbonyl (C=O) groups excluding carboxylic acids is 1. The highest BCUT2D eigenvalue weighted by Gasteiger charge is 2.32. The topological polar surface area (TPSA) is 64.3 Å². The third kappa shape index (κ3) is 4.64. The average molecular weight is 242 g/mol. The van der Waals surface area contributed by atoms with Gasteiger partial charge in [0.25, 0.3) is 0 Å². The molecule has 17 heavy (non-hydrogen) atoms. The van der Waals surface area contributed by atoms with Crippen LogP contribution in [0.3, 0.4) is 0 Å². The molecule has 0 heterocycles. The summed E-state index contributed by atoms with van der Waals surface area (Å²) in [6, 6.07) is 0.00904. The minimum absolute atomic E-state index is 0.00904. The van der Waals surface area contributed by atoms with Gasteiger partial charge in [-0.3, -0.25) is 4.79 Å². The number of hydrogen-bond donors (Lipinski definition) is 2. The third-order valence-electron chi connectivity index (χ3n) is 3.49. The standard InChI is InChI=1S/C13H26N2O2/c1-9(2)17-8-7-15-13(16)11-6-4-5-10(3)12(11)14/h9-12H,4-8,14H2,1-3H3,(H,15,16). The van der Waals surface area contributed by atoms with Crippen molar-refractivity contribution in [3.63, 3.8) is 0 Å². The van der Waals surface area contributed by atoms with Gasteiger partial charge in [0, 0.05) is 12.6 Å². The fraction of sp³-hybridized carbons (Fsp3) is 0.923. The van der Waals surface area contributed by atoms with Gasteiger partial charge in [-0.15, -0.1) is 0 Å². The summed E-state index contributed by atoms with van der Waals surface area (Å²) in [5.74, 6) is 0.528. The summed E-state index contributed by atoms with van der Waals surface area (Å²) in [5, 5.41) is 2.91. The summed E-state index contributed by atoms with van der Waals surface area (Å²) in [5.41, 5.74) is 6.08. The number of rotatable bonds is 5. The lowest BCUT2D eigenvalue weighted by atomic mass is 9.78. The lowest BCUT2D eigenvalue weighted by Gasteiger charge is -2.32. The number of nitrogens with two attached hydrogens (primary N) is 1. The molecule has 3 atom stereocenters. The fourth-order valence-corrected chi connectivity index (χ4v) is 2.35. The Morgan fingerprint density at radius 2 is 2.18 bits per heavy atom. The molecule has 4 heteroatoms. The van der Waals surface area contributed by atoms with E-state index in [2.05, 4.69) is 12.2 Å². The Bertz CT molecular complexity index is 244. The van der Waals surface area contributed by atoms with Crippen LogP contribution in [0.1, 0.15) is 40.0 Å². The first-order chi connectivity index (χ1) is 8.02. The quantitative estimate of drug-likeness (QED) is 0.714.